The Morgan fingerprint density at radius 2 is 1.77 bits per heavy atom. The predicted octanol–water partition coefficient (Wildman–Crippen LogP) is 3.36. The van der Waals surface area contributed by atoms with Crippen LogP contribution in [0.15, 0.2) is 59.1 Å². The Labute approximate surface area is 181 Å². The maximum atomic E-state index is 13.4. The van der Waals surface area contributed by atoms with E-state index >= 15 is 0 Å². The van der Waals surface area contributed by atoms with Gasteiger partial charge in [-0.25, -0.2) is 0 Å². The number of ether oxygens (including phenoxy) is 1. The van der Waals surface area contributed by atoms with Gasteiger partial charge in [-0.15, -0.1) is 0 Å². The molecule has 162 valence electrons. The maximum Gasteiger partial charge on any atom is 0.259 e. The Morgan fingerprint density at radius 3 is 2.39 bits per heavy atom. The lowest BCUT2D eigenvalue weighted by atomic mass is 10.0. The molecule has 1 saturated heterocycles. The number of carbonyl (C=O) groups is 1. The highest BCUT2D eigenvalue weighted by Gasteiger charge is 2.31. The lowest BCUT2D eigenvalue weighted by Crippen LogP contribution is -2.48. The second-order valence-electron chi connectivity index (χ2n) is 7.73. The van der Waals surface area contributed by atoms with Gasteiger partial charge in [0.1, 0.15) is 23.1 Å². The molecule has 2 aromatic carbocycles. The van der Waals surface area contributed by atoms with E-state index in [4.69, 9.17) is 9.26 Å². The SMILES string of the molecule is COc1ccc(-c2noc(C(C)O)c2C(=O)N2CCN(Cc3ccccc3)CC2)cc1. The van der Waals surface area contributed by atoms with Crippen molar-refractivity contribution in [3.63, 3.8) is 0 Å². The van der Waals surface area contributed by atoms with Gasteiger partial charge in [-0.05, 0) is 36.8 Å². The van der Waals surface area contributed by atoms with Crippen LogP contribution in [-0.4, -0.2) is 59.3 Å². The van der Waals surface area contributed by atoms with E-state index in [9.17, 15) is 9.90 Å². The first-order valence-corrected chi connectivity index (χ1v) is 10.4. The predicted molar refractivity (Wildman–Crippen MR) is 117 cm³/mol. The Morgan fingerprint density at radius 1 is 1.10 bits per heavy atom. The van der Waals surface area contributed by atoms with Crippen molar-refractivity contribution in [3.8, 4) is 17.0 Å². The summed E-state index contributed by atoms with van der Waals surface area (Å²) in [5.74, 6) is 0.746. The van der Waals surface area contributed by atoms with Crippen molar-refractivity contribution in [1.29, 1.82) is 0 Å². The topological polar surface area (TPSA) is 79.0 Å². The first-order valence-electron chi connectivity index (χ1n) is 10.4. The monoisotopic (exact) mass is 421 g/mol. The molecule has 0 bridgehead atoms. The number of carbonyl (C=O) groups excluding carboxylic acids is 1. The minimum absolute atomic E-state index is 0.165. The molecule has 4 rings (SSSR count). The molecule has 1 aromatic heterocycles. The number of nitrogens with zero attached hydrogens (tertiary/aromatic N) is 3. The van der Waals surface area contributed by atoms with Crippen LogP contribution in [0.25, 0.3) is 11.3 Å². The fourth-order valence-electron chi connectivity index (χ4n) is 3.85. The minimum Gasteiger partial charge on any atom is -0.497 e. The van der Waals surface area contributed by atoms with Crippen LogP contribution in [0.3, 0.4) is 0 Å². The summed E-state index contributed by atoms with van der Waals surface area (Å²) in [4.78, 5) is 17.6. The number of piperazine rings is 1. The molecule has 7 heteroatoms. The van der Waals surface area contributed by atoms with E-state index in [-0.39, 0.29) is 11.7 Å². The van der Waals surface area contributed by atoms with Gasteiger partial charge in [-0.2, -0.15) is 0 Å². The van der Waals surface area contributed by atoms with Gasteiger partial charge in [0.2, 0.25) is 0 Å². The molecule has 1 unspecified atom stereocenters. The van der Waals surface area contributed by atoms with Gasteiger partial charge in [0, 0.05) is 38.3 Å². The van der Waals surface area contributed by atoms with Crippen LogP contribution in [0.5, 0.6) is 5.75 Å². The van der Waals surface area contributed by atoms with E-state index in [2.05, 4.69) is 22.2 Å². The van der Waals surface area contributed by atoms with Crippen LogP contribution in [0, 0.1) is 0 Å². The van der Waals surface area contributed by atoms with Crippen LogP contribution in [0.4, 0.5) is 0 Å². The van der Waals surface area contributed by atoms with Crippen LogP contribution >= 0.6 is 0 Å². The summed E-state index contributed by atoms with van der Waals surface area (Å²) >= 11 is 0. The number of benzene rings is 2. The lowest BCUT2D eigenvalue weighted by molar-refractivity contribution is 0.0619. The maximum absolute atomic E-state index is 13.4. The number of aliphatic hydroxyl groups excluding tert-OH is 1. The molecule has 1 N–H and O–H groups in total. The van der Waals surface area contributed by atoms with Crippen molar-refractivity contribution < 1.29 is 19.2 Å². The Hall–Kier alpha value is -3.16. The van der Waals surface area contributed by atoms with Gasteiger partial charge in [-0.3, -0.25) is 9.69 Å². The number of aliphatic hydroxyl groups is 1. The van der Waals surface area contributed by atoms with Gasteiger partial charge >= 0.3 is 0 Å². The highest BCUT2D eigenvalue weighted by atomic mass is 16.5. The third-order valence-electron chi connectivity index (χ3n) is 5.58. The van der Waals surface area contributed by atoms with Gasteiger partial charge in [-0.1, -0.05) is 35.5 Å². The van der Waals surface area contributed by atoms with Crippen LogP contribution < -0.4 is 4.74 Å². The smallest absolute Gasteiger partial charge is 0.259 e. The highest BCUT2D eigenvalue weighted by Crippen LogP contribution is 2.31. The Bertz CT molecular complexity index is 1010. The quantitative estimate of drug-likeness (QED) is 0.658. The average Bonchev–Trinajstić information content (AvgIpc) is 3.25. The summed E-state index contributed by atoms with van der Waals surface area (Å²) in [5, 5.41) is 14.3. The molecule has 7 nitrogen and oxygen atoms in total. The Balaban J connectivity index is 1.52. The zero-order chi connectivity index (χ0) is 21.8. The van der Waals surface area contributed by atoms with E-state index in [1.165, 1.54) is 5.56 Å². The first kappa shape index (κ1) is 21.1. The molecule has 0 radical (unpaired) electrons. The van der Waals surface area contributed by atoms with Gasteiger partial charge in [0.25, 0.3) is 5.91 Å². The van der Waals surface area contributed by atoms with Crippen molar-refractivity contribution in [2.75, 3.05) is 33.3 Å². The normalized spacial score (nSPS) is 15.6. The van der Waals surface area contributed by atoms with E-state index in [1.54, 1.807) is 14.0 Å². The summed E-state index contributed by atoms with van der Waals surface area (Å²) < 4.78 is 10.6. The average molecular weight is 421 g/mol. The second-order valence-corrected chi connectivity index (χ2v) is 7.73. The second kappa shape index (κ2) is 9.32. The summed E-state index contributed by atoms with van der Waals surface area (Å²) in [7, 11) is 1.60. The molecular weight excluding hydrogens is 394 g/mol. The largest absolute Gasteiger partial charge is 0.497 e. The van der Waals surface area contributed by atoms with Gasteiger partial charge < -0.3 is 19.3 Å². The molecule has 1 atom stereocenters. The summed E-state index contributed by atoms with van der Waals surface area (Å²) in [6.07, 6.45) is -0.933. The zero-order valence-corrected chi connectivity index (χ0v) is 17.8. The van der Waals surface area contributed by atoms with Crippen LogP contribution in [0.1, 0.15) is 34.7 Å². The number of hydrogen-bond donors (Lipinski definition) is 1. The van der Waals surface area contributed by atoms with Crippen molar-refractivity contribution in [3.05, 3.63) is 71.5 Å². The lowest BCUT2D eigenvalue weighted by Gasteiger charge is -2.34. The molecule has 0 aliphatic carbocycles. The summed E-state index contributed by atoms with van der Waals surface area (Å²) in [6, 6.07) is 17.6. The fourth-order valence-corrected chi connectivity index (χ4v) is 3.85. The molecule has 31 heavy (non-hydrogen) atoms. The molecular formula is C24H27N3O4. The van der Waals surface area contributed by atoms with E-state index in [1.807, 2.05) is 47.4 Å². The Kier molecular flexibility index (Phi) is 6.34. The van der Waals surface area contributed by atoms with Crippen molar-refractivity contribution >= 4 is 5.91 Å². The third-order valence-corrected chi connectivity index (χ3v) is 5.58. The first-order chi connectivity index (χ1) is 15.1. The van der Waals surface area contributed by atoms with E-state index in [0.717, 1.165) is 25.2 Å². The molecule has 0 spiro atoms. The summed E-state index contributed by atoms with van der Waals surface area (Å²) in [6.45, 7) is 5.23. The number of hydrogen-bond acceptors (Lipinski definition) is 6. The van der Waals surface area contributed by atoms with Crippen molar-refractivity contribution in [2.45, 2.75) is 19.6 Å². The molecule has 2 heterocycles. The van der Waals surface area contributed by atoms with Crippen LogP contribution in [-0.2, 0) is 6.54 Å². The minimum atomic E-state index is -0.933. The van der Waals surface area contributed by atoms with Crippen LogP contribution in [0.2, 0.25) is 0 Å². The number of aromatic nitrogens is 1. The van der Waals surface area contributed by atoms with Crippen molar-refractivity contribution in [2.24, 2.45) is 0 Å². The summed E-state index contributed by atoms with van der Waals surface area (Å²) in [5.41, 5.74) is 2.77. The molecule has 1 aliphatic rings. The number of rotatable bonds is 6. The standard InChI is InChI=1S/C24H27N3O4/c1-17(28)23-21(22(25-31-23)19-8-10-20(30-2)11-9-19)24(29)27-14-12-26(13-15-27)16-18-6-4-3-5-7-18/h3-11,17,28H,12-16H2,1-2H3. The number of methoxy groups -OCH3 is 1. The molecule has 1 fully saturated rings. The third kappa shape index (κ3) is 4.62. The van der Waals surface area contributed by atoms with Gasteiger partial charge in [0.15, 0.2) is 5.76 Å². The van der Waals surface area contributed by atoms with Gasteiger partial charge in [0.05, 0.1) is 7.11 Å². The van der Waals surface area contributed by atoms with E-state index in [0.29, 0.717) is 30.1 Å². The molecule has 3 aromatic rings. The van der Waals surface area contributed by atoms with E-state index < -0.39 is 6.10 Å². The highest BCUT2D eigenvalue weighted by molar-refractivity contribution is 6.01. The fraction of sp³-hybridized carbons (Fsp3) is 0.333. The molecule has 1 amide bonds. The number of amides is 1. The molecule has 0 saturated carbocycles. The molecule has 1 aliphatic heterocycles. The van der Waals surface area contributed by atoms with Crippen molar-refractivity contribution in [1.82, 2.24) is 15.0 Å². The zero-order valence-electron chi connectivity index (χ0n) is 17.8.